The first-order valence-corrected chi connectivity index (χ1v) is 7.93. The SMILES string of the molecule is C[C@H](N)[C@@H]1CCCN(C(=O)[C@@H]2CCOc3ccccc32)C1. The number of carbonyl (C=O) groups excluding carboxylic acids is 1. The van der Waals surface area contributed by atoms with Gasteiger partial charge in [-0.3, -0.25) is 4.79 Å². The summed E-state index contributed by atoms with van der Waals surface area (Å²) in [7, 11) is 0. The van der Waals surface area contributed by atoms with Crippen LogP contribution in [0.2, 0.25) is 0 Å². The highest BCUT2D eigenvalue weighted by atomic mass is 16.5. The van der Waals surface area contributed by atoms with Crippen LogP contribution in [0, 0.1) is 5.92 Å². The predicted octanol–water partition coefficient (Wildman–Crippen LogP) is 2.14. The van der Waals surface area contributed by atoms with E-state index in [0.29, 0.717) is 12.5 Å². The van der Waals surface area contributed by atoms with Crippen molar-refractivity contribution in [1.29, 1.82) is 0 Å². The van der Waals surface area contributed by atoms with Crippen LogP contribution in [0.4, 0.5) is 0 Å². The fourth-order valence-corrected chi connectivity index (χ4v) is 3.46. The van der Waals surface area contributed by atoms with Gasteiger partial charge in [0.25, 0.3) is 0 Å². The molecular formula is C17H24N2O2. The van der Waals surface area contributed by atoms with E-state index in [2.05, 4.69) is 0 Å². The number of para-hydroxylation sites is 1. The number of rotatable bonds is 2. The van der Waals surface area contributed by atoms with Crippen LogP contribution in [0.5, 0.6) is 5.75 Å². The average molecular weight is 288 g/mol. The number of likely N-dealkylation sites (tertiary alicyclic amines) is 1. The largest absolute Gasteiger partial charge is 0.493 e. The highest BCUT2D eigenvalue weighted by Gasteiger charge is 2.33. The zero-order valence-electron chi connectivity index (χ0n) is 12.6. The lowest BCUT2D eigenvalue weighted by atomic mass is 9.88. The first kappa shape index (κ1) is 14.4. The third-order valence-corrected chi connectivity index (χ3v) is 4.77. The second kappa shape index (κ2) is 6.06. The van der Waals surface area contributed by atoms with Gasteiger partial charge in [-0.2, -0.15) is 0 Å². The molecule has 0 aliphatic carbocycles. The van der Waals surface area contributed by atoms with Crippen molar-refractivity contribution in [3.8, 4) is 5.75 Å². The molecule has 2 N–H and O–H groups in total. The number of hydrogen-bond acceptors (Lipinski definition) is 3. The summed E-state index contributed by atoms with van der Waals surface area (Å²) < 4.78 is 5.66. The molecule has 21 heavy (non-hydrogen) atoms. The van der Waals surface area contributed by atoms with Gasteiger partial charge in [0.1, 0.15) is 5.75 Å². The molecule has 0 bridgehead atoms. The van der Waals surface area contributed by atoms with Crippen LogP contribution in [0.15, 0.2) is 24.3 Å². The summed E-state index contributed by atoms with van der Waals surface area (Å²) in [6.45, 7) is 4.33. The lowest BCUT2D eigenvalue weighted by Gasteiger charge is -2.37. The molecule has 0 saturated carbocycles. The second-order valence-corrected chi connectivity index (χ2v) is 6.27. The van der Waals surface area contributed by atoms with Gasteiger partial charge in [0.2, 0.25) is 5.91 Å². The van der Waals surface area contributed by atoms with E-state index < -0.39 is 0 Å². The Morgan fingerprint density at radius 1 is 1.38 bits per heavy atom. The number of amides is 1. The molecule has 114 valence electrons. The van der Waals surface area contributed by atoms with E-state index >= 15 is 0 Å². The fourth-order valence-electron chi connectivity index (χ4n) is 3.46. The molecule has 0 radical (unpaired) electrons. The molecule has 2 aliphatic heterocycles. The molecular weight excluding hydrogens is 264 g/mol. The van der Waals surface area contributed by atoms with Gasteiger partial charge < -0.3 is 15.4 Å². The lowest BCUT2D eigenvalue weighted by molar-refractivity contribution is -0.135. The molecule has 2 aliphatic rings. The Labute approximate surface area is 126 Å². The first-order chi connectivity index (χ1) is 10.2. The monoisotopic (exact) mass is 288 g/mol. The summed E-state index contributed by atoms with van der Waals surface area (Å²) in [6, 6.07) is 8.07. The zero-order chi connectivity index (χ0) is 14.8. The third-order valence-electron chi connectivity index (χ3n) is 4.77. The summed E-state index contributed by atoms with van der Waals surface area (Å²) in [5.74, 6) is 1.48. The maximum absolute atomic E-state index is 12.9. The van der Waals surface area contributed by atoms with Crippen molar-refractivity contribution in [3.63, 3.8) is 0 Å². The number of hydrogen-bond donors (Lipinski definition) is 1. The topological polar surface area (TPSA) is 55.6 Å². The highest BCUT2D eigenvalue weighted by Crippen LogP contribution is 2.35. The van der Waals surface area contributed by atoms with Crippen molar-refractivity contribution in [2.45, 2.75) is 38.1 Å². The van der Waals surface area contributed by atoms with Crippen LogP contribution in [0.3, 0.4) is 0 Å². The maximum atomic E-state index is 12.9. The number of nitrogens with zero attached hydrogens (tertiary/aromatic N) is 1. The molecule has 1 amide bonds. The summed E-state index contributed by atoms with van der Waals surface area (Å²) in [5.41, 5.74) is 7.07. The molecule has 4 nitrogen and oxygen atoms in total. The van der Waals surface area contributed by atoms with Gasteiger partial charge in [0, 0.05) is 24.7 Å². The van der Waals surface area contributed by atoms with Crippen LogP contribution in [-0.4, -0.2) is 36.5 Å². The van der Waals surface area contributed by atoms with Crippen molar-refractivity contribution in [2.24, 2.45) is 11.7 Å². The third kappa shape index (κ3) is 2.91. The van der Waals surface area contributed by atoms with Crippen molar-refractivity contribution < 1.29 is 9.53 Å². The highest BCUT2D eigenvalue weighted by molar-refractivity contribution is 5.85. The Hall–Kier alpha value is -1.55. The van der Waals surface area contributed by atoms with E-state index in [0.717, 1.165) is 43.7 Å². The number of carbonyl (C=O) groups is 1. The quantitative estimate of drug-likeness (QED) is 0.907. The Kier molecular flexibility index (Phi) is 4.15. The number of nitrogens with two attached hydrogens (primary N) is 1. The zero-order valence-corrected chi connectivity index (χ0v) is 12.6. The van der Waals surface area contributed by atoms with Gasteiger partial charge in [-0.05, 0) is 38.2 Å². The van der Waals surface area contributed by atoms with E-state index in [9.17, 15) is 4.79 Å². The number of benzene rings is 1. The van der Waals surface area contributed by atoms with Crippen LogP contribution in [0.1, 0.15) is 37.7 Å². The van der Waals surface area contributed by atoms with Crippen LogP contribution >= 0.6 is 0 Å². The van der Waals surface area contributed by atoms with Gasteiger partial charge in [-0.1, -0.05) is 18.2 Å². The van der Waals surface area contributed by atoms with Gasteiger partial charge in [-0.15, -0.1) is 0 Å². The second-order valence-electron chi connectivity index (χ2n) is 6.27. The van der Waals surface area contributed by atoms with Gasteiger partial charge in [-0.25, -0.2) is 0 Å². The molecule has 0 unspecified atom stereocenters. The summed E-state index contributed by atoms with van der Waals surface area (Å²) in [6.07, 6.45) is 2.96. The Bertz CT molecular complexity index is 515. The van der Waals surface area contributed by atoms with Crippen molar-refractivity contribution >= 4 is 5.91 Å². The fraction of sp³-hybridized carbons (Fsp3) is 0.588. The molecule has 1 aromatic carbocycles. The van der Waals surface area contributed by atoms with E-state index in [1.807, 2.05) is 36.1 Å². The molecule has 3 atom stereocenters. The Balaban J connectivity index is 1.77. The Morgan fingerprint density at radius 3 is 3.00 bits per heavy atom. The van der Waals surface area contributed by atoms with Crippen molar-refractivity contribution in [1.82, 2.24) is 4.90 Å². The van der Waals surface area contributed by atoms with Gasteiger partial charge in [0.05, 0.1) is 12.5 Å². The number of ether oxygens (including phenoxy) is 1. The average Bonchev–Trinajstić information content (AvgIpc) is 2.53. The molecule has 0 spiro atoms. The summed E-state index contributed by atoms with van der Waals surface area (Å²) in [5, 5.41) is 0. The molecule has 0 aromatic heterocycles. The minimum absolute atomic E-state index is 0.0539. The smallest absolute Gasteiger partial charge is 0.230 e. The van der Waals surface area contributed by atoms with Crippen molar-refractivity contribution in [2.75, 3.05) is 19.7 Å². The number of piperidine rings is 1. The van der Waals surface area contributed by atoms with E-state index in [-0.39, 0.29) is 17.9 Å². The Morgan fingerprint density at radius 2 is 2.19 bits per heavy atom. The molecule has 1 fully saturated rings. The normalized spacial score (nSPS) is 26.7. The van der Waals surface area contributed by atoms with Crippen LogP contribution in [-0.2, 0) is 4.79 Å². The van der Waals surface area contributed by atoms with E-state index in [4.69, 9.17) is 10.5 Å². The summed E-state index contributed by atoms with van der Waals surface area (Å²) >= 11 is 0. The van der Waals surface area contributed by atoms with Gasteiger partial charge >= 0.3 is 0 Å². The van der Waals surface area contributed by atoms with Crippen LogP contribution < -0.4 is 10.5 Å². The predicted molar refractivity (Wildman–Crippen MR) is 82.2 cm³/mol. The lowest BCUT2D eigenvalue weighted by Crippen LogP contribution is -2.47. The van der Waals surface area contributed by atoms with Crippen LogP contribution in [0.25, 0.3) is 0 Å². The molecule has 4 heteroatoms. The van der Waals surface area contributed by atoms with Crippen molar-refractivity contribution in [3.05, 3.63) is 29.8 Å². The molecule has 1 saturated heterocycles. The standard InChI is InChI=1S/C17H24N2O2/c1-12(18)13-5-4-9-19(11-13)17(20)15-8-10-21-16-7-3-2-6-14(15)16/h2-3,6-7,12-13,15H,4-5,8-11,18H2,1H3/t12-,13+,15+/m0/s1. The summed E-state index contributed by atoms with van der Waals surface area (Å²) in [4.78, 5) is 14.9. The van der Waals surface area contributed by atoms with Gasteiger partial charge in [0.15, 0.2) is 0 Å². The molecule has 2 heterocycles. The minimum atomic E-state index is -0.0539. The number of fused-ring (bicyclic) bond motifs is 1. The molecule has 1 aromatic rings. The first-order valence-electron chi connectivity index (χ1n) is 7.93. The maximum Gasteiger partial charge on any atom is 0.230 e. The van der Waals surface area contributed by atoms with E-state index in [1.165, 1.54) is 0 Å². The molecule has 3 rings (SSSR count). The van der Waals surface area contributed by atoms with E-state index in [1.54, 1.807) is 0 Å². The minimum Gasteiger partial charge on any atom is -0.493 e.